The molecule has 0 amide bonds. The molecule has 2 rings (SSSR count). The molecule has 1 N–H and O–H groups in total. The van der Waals surface area contributed by atoms with Gasteiger partial charge in [0.25, 0.3) is 0 Å². The number of hydrogen-bond acceptors (Lipinski definition) is 2. The Hall–Kier alpha value is -0.0800. The Morgan fingerprint density at radius 2 is 2.00 bits per heavy atom. The van der Waals surface area contributed by atoms with Crippen LogP contribution in [-0.4, -0.2) is 25.8 Å². The van der Waals surface area contributed by atoms with E-state index in [1.54, 1.807) is 0 Å². The van der Waals surface area contributed by atoms with E-state index in [1.807, 2.05) is 0 Å². The average molecular weight is 239 g/mol. The maximum absolute atomic E-state index is 5.68. The number of ether oxygens (including phenoxy) is 1. The van der Waals surface area contributed by atoms with E-state index in [0.29, 0.717) is 6.10 Å². The van der Waals surface area contributed by atoms with Crippen molar-refractivity contribution < 1.29 is 4.74 Å². The van der Waals surface area contributed by atoms with Gasteiger partial charge in [-0.25, -0.2) is 0 Å². The van der Waals surface area contributed by atoms with Crippen LogP contribution in [0.4, 0.5) is 0 Å². The first-order chi connectivity index (χ1) is 8.38. The standard InChI is InChI=1S/C15H29NO/c1-16-14(12-13-6-2-3-7-13)8-4-9-15-10-5-11-17-15/h13-16H,2-12H2,1H3. The van der Waals surface area contributed by atoms with E-state index in [2.05, 4.69) is 12.4 Å². The summed E-state index contributed by atoms with van der Waals surface area (Å²) in [6.45, 7) is 1.00. The molecule has 1 heterocycles. The highest BCUT2D eigenvalue weighted by Crippen LogP contribution is 2.29. The maximum Gasteiger partial charge on any atom is 0.0576 e. The predicted molar refractivity (Wildman–Crippen MR) is 72.2 cm³/mol. The minimum absolute atomic E-state index is 0.582. The molecule has 0 aromatic rings. The molecule has 100 valence electrons. The molecule has 0 aromatic carbocycles. The lowest BCUT2D eigenvalue weighted by Crippen LogP contribution is -2.27. The summed E-state index contributed by atoms with van der Waals surface area (Å²) in [7, 11) is 2.13. The molecule has 0 aromatic heterocycles. The third-order valence-electron chi connectivity index (χ3n) is 4.60. The van der Waals surface area contributed by atoms with Crippen molar-refractivity contribution in [1.29, 1.82) is 0 Å². The molecular formula is C15H29NO. The second-order valence-electron chi connectivity index (χ2n) is 5.94. The Bertz CT molecular complexity index is 195. The van der Waals surface area contributed by atoms with Crippen molar-refractivity contribution in [2.24, 2.45) is 5.92 Å². The summed E-state index contributed by atoms with van der Waals surface area (Å²) < 4.78 is 5.68. The van der Waals surface area contributed by atoms with E-state index in [0.717, 1.165) is 18.6 Å². The Labute approximate surface area is 107 Å². The predicted octanol–water partition coefficient (Wildman–Crippen LogP) is 3.50. The van der Waals surface area contributed by atoms with Crippen molar-refractivity contribution in [2.45, 2.75) is 76.4 Å². The van der Waals surface area contributed by atoms with Gasteiger partial charge >= 0.3 is 0 Å². The molecule has 1 saturated heterocycles. The molecule has 1 aliphatic carbocycles. The van der Waals surface area contributed by atoms with Crippen LogP contribution in [0.5, 0.6) is 0 Å². The monoisotopic (exact) mass is 239 g/mol. The fraction of sp³-hybridized carbons (Fsp3) is 1.00. The van der Waals surface area contributed by atoms with Gasteiger partial charge in [0.15, 0.2) is 0 Å². The molecule has 2 fully saturated rings. The van der Waals surface area contributed by atoms with Crippen molar-refractivity contribution >= 4 is 0 Å². The second-order valence-corrected chi connectivity index (χ2v) is 5.94. The van der Waals surface area contributed by atoms with Crippen molar-refractivity contribution in [3.8, 4) is 0 Å². The fourth-order valence-electron chi connectivity index (χ4n) is 3.49. The van der Waals surface area contributed by atoms with Crippen molar-refractivity contribution in [3.05, 3.63) is 0 Å². The van der Waals surface area contributed by atoms with Crippen LogP contribution >= 0.6 is 0 Å². The Balaban J connectivity index is 1.57. The van der Waals surface area contributed by atoms with Gasteiger partial charge < -0.3 is 10.1 Å². The maximum atomic E-state index is 5.68. The quantitative estimate of drug-likeness (QED) is 0.734. The normalized spacial score (nSPS) is 27.7. The Morgan fingerprint density at radius 1 is 1.18 bits per heavy atom. The summed E-state index contributed by atoms with van der Waals surface area (Å²) in [4.78, 5) is 0. The van der Waals surface area contributed by atoms with E-state index < -0.39 is 0 Å². The first-order valence-corrected chi connectivity index (χ1v) is 7.67. The summed E-state index contributed by atoms with van der Waals surface area (Å²) >= 11 is 0. The van der Waals surface area contributed by atoms with Gasteiger partial charge in [0, 0.05) is 12.6 Å². The van der Waals surface area contributed by atoms with Crippen LogP contribution in [0.1, 0.15) is 64.2 Å². The van der Waals surface area contributed by atoms with Gasteiger partial charge in [-0.05, 0) is 51.5 Å². The van der Waals surface area contributed by atoms with Gasteiger partial charge in [0.05, 0.1) is 6.10 Å². The molecule has 2 atom stereocenters. The largest absolute Gasteiger partial charge is 0.378 e. The molecule has 1 saturated carbocycles. The van der Waals surface area contributed by atoms with Gasteiger partial charge in [-0.1, -0.05) is 25.7 Å². The molecule has 2 unspecified atom stereocenters. The van der Waals surface area contributed by atoms with Crippen molar-refractivity contribution in [1.82, 2.24) is 5.32 Å². The van der Waals surface area contributed by atoms with Gasteiger partial charge in [0.1, 0.15) is 0 Å². The van der Waals surface area contributed by atoms with E-state index in [-0.39, 0.29) is 0 Å². The molecule has 2 nitrogen and oxygen atoms in total. The molecule has 0 radical (unpaired) electrons. The highest BCUT2D eigenvalue weighted by atomic mass is 16.5. The summed E-state index contributed by atoms with van der Waals surface area (Å²) in [5.74, 6) is 1.01. The lowest BCUT2D eigenvalue weighted by Gasteiger charge is -2.20. The fourth-order valence-corrected chi connectivity index (χ4v) is 3.49. The first-order valence-electron chi connectivity index (χ1n) is 7.67. The van der Waals surface area contributed by atoms with E-state index in [1.165, 1.54) is 64.2 Å². The highest BCUT2D eigenvalue weighted by Gasteiger charge is 2.20. The third kappa shape index (κ3) is 4.59. The van der Waals surface area contributed by atoms with Crippen LogP contribution in [0.15, 0.2) is 0 Å². The number of rotatable bonds is 7. The summed E-state index contributed by atoms with van der Waals surface area (Å²) in [5, 5.41) is 3.51. The number of hydrogen-bond donors (Lipinski definition) is 1. The van der Waals surface area contributed by atoms with Gasteiger partial charge in [0.2, 0.25) is 0 Å². The zero-order chi connectivity index (χ0) is 11.9. The molecule has 2 aliphatic rings. The topological polar surface area (TPSA) is 21.3 Å². The van der Waals surface area contributed by atoms with E-state index in [9.17, 15) is 0 Å². The van der Waals surface area contributed by atoms with Crippen molar-refractivity contribution in [2.75, 3.05) is 13.7 Å². The van der Waals surface area contributed by atoms with Gasteiger partial charge in [-0.15, -0.1) is 0 Å². The van der Waals surface area contributed by atoms with Crippen LogP contribution in [0, 0.1) is 5.92 Å². The first kappa shape index (κ1) is 13.4. The Morgan fingerprint density at radius 3 is 2.65 bits per heavy atom. The molecule has 1 aliphatic heterocycles. The Kier molecular flexibility index (Phi) is 5.79. The van der Waals surface area contributed by atoms with Gasteiger partial charge in [-0.3, -0.25) is 0 Å². The summed E-state index contributed by atoms with van der Waals surface area (Å²) in [6, 6.07) is 0.750. The SMILES string of the molecule is CNC(CCCC1CCCO1)CC1CCCC1. The van der Waals surface area contributed by atoms with Crippen LogP contribution < -0.4 is 5.32 Å². The minimum atomic E-state index is 0.582. The van der Waals surface area contributed by atoms with Crippen LogP contribution in [-0.2, 0) is 4.74 Å². The second kappa shape index (κ2) is 7.38. The van der Waals surface area contributed by atoms with E-state index >= 15 is 0 Å². The molecule has 0 bridgehead atoms. The van der Waals surface area contributed by atoms with Crippen LogP contribution in [0.2, 0.25) is 0 Å². The minimum Gasteiger partial charge on any atom is -0.378 e. The zero-order valence-corrected chi connectivity index (χ0v) is 11.4. The zero-order valence-electron chi connectivity index (χ0n) is 11.4. The van der Waals surface area contributed by atoms with Crippen molar-refractivity contribution in [3.63, 3.8) is 0 Å². The molecule has 17 heavy (non-hydrogen) atoms. The molecular weight excluding hydrogens is 210 g/mol. The highest BCUT2D eigenvalue weighted by molar-refractivity contribution is 4.75. The summed E-state index contributed by atoms with van der Waals surface area (Å²) in [5.41, 5.74) is 0. The van der Waals surface area contributed by atoms with Crippen LogP contribution in [0.3, 0.4) is 0 Å². The lowest BCUT2D eigenvalue weighted by molar-refractivity contribution is 0.101. The third-order valence-corrected chi connectivity index (χ3v) is 4.60. The van der Waals surface area contributed by atoms with Gasteiger partial charge in [-0.2, -0.15) is 0 Å². The molecule has 2 heteroatoms. The van der Waals surface area contributed by atoms with E-state index in [4.69, 9.17) is 4.74 Å². The summed E-state index contributed by atoms with van der Waals surface area (Å²) in [6.07, 6.45) is 14.4. The average Bonchev–Trinajstić information content (AvgIpc) is 3.00. The smallest absolute Gasteiger partial charge is 0.0576 e. The molecule has 0 spiro atoms. The lowest BCUT2D eigenvalue weighted by atomic mass is 9.94. The number of nitrogens with one attached hydrogen (secondary N) is 1. The van der Waals surface area contributed by atoms with Crippen LogP contribution in [0.25, 0.3) is 0 Å².